The van der Waals surface area contributed by atoms with Gasteiger partial charge in [-0.15, -0.1) is 0 Å². The number of nitrogens with one attached hydrogen (secondary N) is 2. The molecule has 1 fully saturated rings. The molecule has 1 aromatic carbocycles. The summed E-state index contributed by atoms with van der Waals surface area (Å²) in [6.45, 7) is 12.5. The lowest BCUT2D eigenvalue weighted by Gasteiger charge is -2.29. The maximum Gasteiger partial charge on any atom is 0.246 e. The molecule has 0 saturated carbocycles. The number of rotatable bonds is 10. The molecule has 0 radical (unpaired) electrons. The van der Waals surface area contributed by atoms with E-state index in [0.29, 0.717) is 12.0 Å². The van der Waals surface area contributed by atoms with Crippen molar-refractivity contribution in [3.63, 3.8) is 0 Å². The Morgan fingerprint density at radius 2 is 1.68 bits per heavy atom. The minimum absolute atomic E-state index is 0.0767. The first kappa shape index (κ1) is 34.3. The molecule has 1 aliphatic rings. The Morgan fingerprint density at radius 1 is 1.11 bits per heavy atom. The minimum Gasteiger partial charge on any atom is -0.387 e. The van der Waals surface area contributed by atoms with Gasteiger partial charge in [-0.2, -0.15) is 0 Å². The molecule has 0 aromatic heterocycles. The highest BCUT2D eigenvalue weighted by Crippen LogP contribution is 2.14. The average Bonchev–Trinajstić information content (AvgIpc) is 2.89. The Hall–Kier alpha value is -2.71. The van der Waals surface area contributed by atoms with Crippen molar-refractivity contribution in [2.45, 2.75) is 72.4 Å². The maximum absolute atomic E-state index is 12.3. The third-order valence-corrected chi connectivity index (χ3v) is 5.86. The fourth-order valence-corrected chi connectivity index (χ4v) is 3.68. The first-order valence-electron chi connectivity index (χ1n) is 13.4. The summed E-state index contributed by atoms with van der Waals surface area (Å²) in [5.74, 6) is -0.472. The van der Waals surface area contributed by atoms with Gasteiger partial charge in [0.1, 0.15) is 0 Å². The van der Waals surface area contributed by atoms with Crippen molar-refractivity contribution < 1.29 is 19.5 Å². The molecule has 1 heterocycles. The number of piperidine rings is 1. The third-order valence-electron chi connectivity index (χ3n) is 5.86. The van der Waals surface area contributed by atoms with Gasteiger partial charge >= 0.3 is 0 Å². The largest absolute Gasteiger partial charge is 0.387 e. The summed E-state index contributed by atoms with van der Waals surface area (Å²) in [5, 5.41) is 15.2. The number of benzene rings is 1. The van der Waals surface area contributed by atoms with Crippen LogP contribution < -0.4 is 10.6 Å². The molecule has 0 bridgehead atoms. The quantitative estimate of drug-likeness (QED) is 0.325. The van der Waals surface area contributed by atoms with Gasteiger partial charge in [-0.3, -0.25) is 14.4 Å². The molecule has 1 aromatic rings. The van der Waals surface area contributed by atoms with Gasteiger partial charge in [0.15, 0.2) is 0 Å². The average molecular weight is 519 g/mol. The van der Waals surface area contributed by atoms with Gasteiger partial charge in [-0.25, -0.2) is 0 Å². The van der Waals surface area contributed by atoms with E-state index in [-0.39, 0.29) is 36.9 Å². The number of hydrogen-bond acceptors (Lipinski definition) is 5. The number of nitrogens with zero attached hydrogens (tertiary/aromatic N) is 2. The molecular weight excluding hydrogens is 468 g/mol. The molecule has 3 N–H and O–H groups in total. The van der Waals surface area contributed by atoms with E-state index in [2.05, 4.69) is 36.4 Å². The van der Waals surface area contributed by atoms with E-state index in [1.54, 1.807) is 32.2 Å². The van der Waals surface area contributed by atoms with Crippen LogP contribution in [0.5, 0.6) is 0 Å². The van der Waals surface area contributed by atoms with E-state index in [1.165, 1.54) is 43.7 Å². The van der Waals surface area contributed by atoms with Crippen LogP contribution in [0, 0.1) is 5.92 Å². The molecule has 1 saturated heterocycles. The topological polar surface area (TPSA) is 102 Å². The predicted octanol–water partition coefficient (Wildman–Crippen LogP) is 3.53. The van der Waals surface area contributed by atoms with E-state index >= 15 is 0 Å². The van der Waals surface area contributed by atoms with Crippen molar-refractivity contribution >= 4 is 18.2 Å². The van der Waals surface area contributed by atoms with Crippen LogP contribution in [0.3, 0.4) is 0 Å². The molecule has 2 atom stereocenters. The molecule has 2 rings (SSSR count). The highest BCUT2D eigenvalue weighted by molar-refractivity contribution is 5.93. The molecule has 0 aliphatic carbocycles. The summed E-state index contributed by atoms with van der Waals surface area (Å²) >= 11 is 0. The van der Waals surface area contributed by atoms with Gasteiger partial charge in [0.05, 0.1) is 18.7 Å². The molecule has 0 spiro atoms. The number of aliphatic hydroxyl groups is 1. The zero-order valence-electron chi connectivity index (χ0n) is 24.0. The fourth-order valence-electron chi connectivity index (χ4n) is 3.68. The summed E-state index contributed by atoms with van der Waals surface area (Å²) < 4.78 is 0. The summed E-state index contributed by atoms with van der Waals surface area (Å²) in [6.07, 6.45) is 6.94. The van der Waals surface area contributed by atoms with E-state index in [4.69, 9.17) is 0 Å². The van der Waals surface area contributed by atoms with Gasteiger partial charge in [0, 0.05) is 19.2 Å². The van der Waals surface area contributed by atoms with Gasteiger partial charge < -0.3 is 25.5 Å². The second-order valence-electron chi connectivity index (χ2n) is 9.80. The predicted molar refractivity (Wildman–Crippen MR) is 151 cm³/mol. The van der Waals surface area contributed by atoms with Crippen molar-refractivity contribution in [2.24, 2.45) is 5.92 Å². The van der Waals surface area contributed by atoms with Crippen LogP contribution in [-0.4, -0.2) is 79.4 Å². The highest BCUT2D eigenvalue weighted by atomic mass is 16.3. The van der Waals surface area contributed by atoms with Gasteiger partial charge in [-0.1, -0.05) is 76.9 Å². The lowest BCUT2D eigenvalue weighted by atomic mass is 9.99. The number of amides is 3. The van der Waals surface area contributed by atoms with Crippen LogP contribution in [0.2, 0.25) is 0 Å². The summed E-state index contributed by atoms with van der Waals surface area (Å²) in [4.78, 5) is 38.7. The molecular formula is C29H50N4O4. The molecule has 210 valence electrons. The van der Waals surface area contributed by atoms with E-state index < -0.39 is 6.10 Å². The number of carbonyl (C=O) groups excluding carboxylic acids is 3. The van der Waals surface area contributed by atoms with Gasteiger partial charge in [0.25, 0.3) is 0 Å². The Morgan fingerprint density at radius 3 is 2.14 bits per heavy atom. The second-order valence-corrected chi connectivity index (χ2v) is 9.80. The lowest BCUT2D eigenvalue weighted by Crippen LogP contribution is -2.43. The lowest BCUT2D eigenvalue weighted by molar-refractivity contribution is -0.132. The number of hydrogen-bond donors (Lipinski definition) is 3. The number of aliphatic hydroxyl groups excluding tert-OH is 1. The van der Waals surface area contributed by atoms with Crippen molar-refractivity contribution in [1.29, 1.82) is 0 Å². The monoisotopic (exact) mass is 518 g/mol. The molecule has 1 aliphatic heterocycles. The van der Waals surface area contributed by atoms with Gasteiger partial charge in [0.2, 0.25) is 18.2 Å². The second kappa shape index (κ2) is 20.4. The van der Waals surface area contributed by atoms with Crippen molar-refractivity contribution in [3.8, 4) is 0 Å². The maximum atomic E-state index is 12.3. The normalized spacial score (nSPS) is 15.2. The highest BCUT2D eigenvalue weighted by Gasteiger charge is 2.22. The molecule has 37 heavy (non-hydrogen) atoms. The van der Waals surface area contributed by atoms with Crippen molar-refractivity contribution in [2.75, 3.05) is 40.3 Å². The first-order chi connectivity index (χ1) is 17.6. The first-order valence-corrected chi connectivity index (χ1v) is 13.4. The van der Waals surface area contributed by atoms with Crippen molar-refractivity contribution in [3.05, 3.63) is 47.5 Å². The summed E-state index contributed by atoms with van der Waals surface area (Å²) in [6, 6.07) is 8.80. The van der Waals surface area contributed by atoms with E-state index in [9.17, 15) is 19.5 Å². The number of likely N-dealkylation sites (N-methyl/N-ethyl adjacent to an activating group) is 1. The Labute approximate surface area is 224 Å². The molecule has 3 amide bonds. The Kier molecular flexibility index (Phi) is 18.9. The Balaban J connectivity index is 0.00000108. The molecule has 0 unspecified atom stereocenters. The minimum atomic E-state index is -0.789. The number of likely N-dealkylation sites (tertiary alicyclic amines) is 1. The Bertz CT molecular complexity index is 792. The fraction of sp³-hybridized carbons (Fsp3) is 0.621. The van der Waals surface area contributed by atoms with Gasteiger partial charge in [-0.05, 0) is 51.4 Å². The van der Waals surface area contributed by atoms with Crippen LogP contribution in [0.4, 0.5) is 0 Å². The zero-order chi connectivity index (χ0) is 28.2. The SMILES string of the molecule is C/C(=C\[C@H](C(C)C)N(C)C(=O)CNC=O)C(=O)NC[C@@H](O)c1ccccc1.CCC.CN1CCCCC1. The third kappa shape index (κ3) is 15.2. The molecule has 8 heteroatoms. The molecule has 8 nitrogen and oxygen atoms in total. The standard InChI is InChI=1S/C20H29N3O4.C6H13N.C3H8/c1-14(2)17(23(4)19(26)12-21-13-24)10-15(3)20(27)22-11-18(25)16-8-6-5-7-9-16;1-7-5-3-2-4-6-7;1-3-2/h5-10,13-14,17-18,25H,11-12H2,1-4H3,(H,21,24)(H,22,27);2-6H2,1H3;3H2,1-2H3/b15-10+;;/t17-,18-;;/m1../s1. The smallest absolute Gasteiger partial charge is 0.246 e. The summed E-state index contributed by atoms with van der Waals surface area (Å²) in [5.41, 5.74) is 1.18. The van der Waals surface area contributed by atoms with Crippen LogP contribution >= 0.6 is 0 Å². The zero-order valence-corrected chi connectivity index (χ0v) is 24.0. The van der Waals surface area contributed by atoms with E-state index in [1.807, 2.05) is 32.0 Å². The van der Waals surface area contributed by atoms with Crippen LogP contribution in [-0.2, 0) is 14.4 Å². The van der Waals surface area contributed by atoms with Crippen LogP contribution in [0.15, 0.2) is 42.0 Å². The number of carbonyl (C=O) groups is 3. The van der Waals surface area contributed by atoms with E-state index in [0.717, 1.165) is 5.56 Å². The van der Waals surface area contributed by atoms with Crippen LogP contribution in [0.1, 0.15) is 72.0 Å². The summed E-state index contributed by atoms with van der Waals surface area (Å²) in [7, 11) is 3.83. The van der Waals surface area contributed by atoms with Crippen LogP contribution in [0.25, 0.3) is 0 Å². The van der Waals surface area contributed by atoms with Crippen molar-refractivity contribution in [1.82, 2.24) is 20.4 Å².